The highest BCUT2D eigenvalue weighted by atomic mass is 32.2. The van der Waals surface area contributed by atoms with Crippen molar-refractivity contribution >= 4 is 27.2 Å². The van der Waals surface area contributed by atoms with Crippen molar-refractivity contribution in [1.29, 1.82) is 0 Å². The molecule has 1 aromatic rings. The maximum absolute atomic E-state index is 12.7. The maximum Gasteiger partial charge on any atom is 0.180 e. The largest absolute Gasteiger partial charge is 0.361 e. The number of nitrogens with zero attached hydrogens (tertiary/aromatic N) is 3. The Hall–Kier alpha value is -1.22. The molecule has 1 aromatic carbocycles. The Morgan fingerprint density at radius 2 is 1.43 bits per heavy atom. The first-order chi connectivity index (χ1) is 14.4. The highest BCUT2D eigenvalue weighted by Crippen LogP contribution is 2.11. The molecule has 0 spiro atoms. The van der Waals surface area contributed by atoms with E-state index >= 15 is 0 Å². The van der Waals surface area contributed by atoms with E-state index in [9.17, 15) is 8.42 Å². The first kappa shape index (κ1) is 26.8. The van der Waals surface area contributed by atoms with Gasteiger partial charge in [-0.05, 0) is 63.5 Å². The van der Waals surface area contributed by atoms with Crippen molar-refractivity contribution in [3.8, 4) is 0 Å². The molecular weight excluding hydrogens is 416 g/mol. The number of nitrogens with one attached hydrogen (secondary N) is 1. The third-order valence-corrected chi connectivity index (χ3v) is 7.53. The topological polar surface area (TPSA) is 55.9 Å². The molecule has 0 radical (unpaired) electrons. The summed E-state index contributed by atoms with van der Waals surface area (Å²) in [5.41, 5.74) is 0. The van der Waals surface area contributed by atoms with Crippen molar-refractivity contribution in [3.05, 3.63) is 30.3 Å². The number of likely N-dealkylation sites (N-methyl/N-ethyl adjacent to an activating group) is 1. The fraction of sp³-hybridized carbons (Fsp3) is 0.682. The van der Waals surface area contributed by atoms with Gasteiger partial charge in [-0.3, -0.25) is 0 Å². The second kappa shape index (κ2) is 14.7. The summed E-state index contributed by atoms with van der Waals surface area (Å²) >= 11 is 5.63. The van der Waals surface area contributed by atoms with E-state index in [-0.39, 0.29) is 5.75 Å². The molecule has 0 amide bonds. The molecule has 0 atom stereocenters. The number of rotatable bonds is 15. The highest BCUT2D eigenvalue weighted by molar-refractivity contribution is 7.91. The molecule has 0 heterocycles. The fourth-order valence-corrected chi connectivity index (χ4v) is 4.84. The van der Waals surface area contributed by atoms with Crippen molar-refractivity contribution in [1.82, 2.24) is 20.0 Å². The van der Waals surface area contributed by atoms with E-state index in [1.807, 2.05) is 11.0 Å². The third kappa shape index (κ3) is 9.73. The summed E-state index contributed by atoms with van der Waals surface area (Å²) in [6.45, 7) is 16.5. The van der Waals surface area contributed by atoms with Gasteiger partial charge >= 0.3 is 0 Å². The molecule has 0 aliphatic rings. The molecule has 0 bridgehead atoms. The van der Waals surface area contributed by atoms with Gasteiger partial charge in [-0.1, -0.05) is 45.9 Å². The van der Waals surface area contributed by atoms with Crippen LogP contribution in [0.15, 0.2) is 35.2 Å². The normalized spacial score (nSPS) is 11.8. The van der Waals surface area contributed by atoms with Gasteiger partial charge in [0.25, 0.3) is 0 Å². The number of hydrogen-bond acceptors (Lipinski definition) is 5. The van der Waals surface area contributed by atoms with E-state index in [4.69, 9.17) is 12.2 Å². The van der Waals surface area contributed by atoms with E-state index < -0.39 is 9.84 Å². The van der Waals surface area contributed by atoms with Crippen LogP contribution >= 0.6 is 12.2 Å². The van der Waals surface area contributed by atoms with Crippen molar-refractivity contribution < 1.29 is 8.42 Å². The van der Waals surface area contributed by atoms with Gasteiger partial charge in [0.15, 0.2) is 14.9 Å². The summed E-state index contributed by atoms with van der Waals surface area (Å²) in [4.78, 5) is 7.09. The zero-order valence-corrected chi connectivity index (χ0v) is 20.8. The lowest BCUT2D eigenvalue weighted by atomic mass is 10.3. The molecule has 1 N–H and O–H groups in total. The quantitative estimate of drug-likeness (QED) is 0.407. The predicted molar refractivity (Wildman–Crippen MR) is 131 cm³/mol. The van der Waals surface area contributed by atoms with Crippen molar-refractivity contribution in [2.75, 3.05) is 64.7 Å². The third-order valence-electron chi connectivity index (χ3n) is 5.41. The first-order valence-electron chi connectivity index (χ1n) is 11.1. The standard InChI is InChI=1S/C22H40N4O2S2/c1-5-24(6-2)16-12-17-26(22(29)23-15-18-25(7-3)8-4)19-20-30(27,28)21-13-10-9-11-14-21/h9-11,13-14H,5-8,12,15-20H2,1-4H3,(H,23,29). The van der Waals surface area contributed by atoms with Crippen molar-refractivity contribution in [3.63, 3.8) is 0 Å². The molecule has 0 aliphatic carbocycles. The number of benzene rings is 1. The molecule has 0 aromatic heterocycles. The Bertz CT molecular complexity index is 690. The van der Waals surface area contributed by atoms with Crippen LogP contribution in [-0.4, -0.2) is 92.9 Å². The molecular formula is C22H40N4O2S2. The zero-order valence-electron chi connectivity index (χ0n) is 19.1. The van der Waals surface area contributed by atoms with Gasteiger partial charge in [0.2, 0.25) is 0 Å². The first-order valence-corrected chi connectivity index (χ1v) is 13.2. The van der Waals surface area contributed by atoms with Crippen molar-refractivity contribution in [2.45, 2.75) is 39.0 Å². The summed E-state index contributed by atoms with van der Waals surface area (Å²) in [7, 11) is -3.33. The van der Waals surface area contributed by atoms with Crippen LogP contribution in [0, 0.1) is 0 Å². The minimum absolute atomic E-state index is 0.0557. The summed E-state index contributed by atoms with van der Waals surface area (Å²) in [5.74, 6) is 0.0557. The minimum atomic E-state index is -3.33. The summed E-state index contributed by atoms with van der Waals surface area (Å²) < 4.78 is 25.4. The Kier molecular flexibility index (Phi) is 13.2. The minimum Gasteiger partial charge on any atom is -0.361 e. The van der Waals surface area contributed by atoms with Crippen LogP contribution in [0.1, 0.15) is 34.1 Å². The van der Waals surface area contributed by atoms with Gasteiger partial charge in [-0.15, -0.1) is 0 Å². The van der Waals surface area contributed by atoms with E-state index in [1.165, 1.54) is 0 Å². The molecule has 0 saturated carbocycles. The molecule has 0 saturated heterocycles. The smallest absolute Gasteiger partial charge is 0.180 e. The molecule has 30 heavy (non-hydrogen) atoms. The van der Waals surface area contributed by atoms with Crippen molar-refractivity contribution in [2.24, 2.45) is 0 Å². The van der Waals surface area contributed by atoms with Crippen LogP contribution < -0.4 is 5.32 Å². The van der Waals surface area contributed by atoms with Gasteiger partial charge in [0.1, 0.15) is 0 Å². The fourth-order valence-electron chi connectivity index (χ4n) is 3.29. The van der Waals surface area contributed by atoms with E-state index in [1.54, 1.807) is 24.3 Å². The number of hydrogen-bond donors (Lipinski definition) is 1. The second-order valence-electron chi connectivity index (χ2n) is 7.26. The molecule has 0 aliphatic heterocycles. The van der Waals surface area contributed by atoms with Crippen LogP contribution in [-0.2, 0) is 9.84 Å². The SMILES string of the molecule is CCN(CC)CCCN(CCS(=O)(=O)c1ccccc1)C(=S)NCCN(CC)CC. The van der Waals surface area contributed by atoms with Gasteiger partial charge in [0, 0.05) is 26.2 Å². The molecule has 6 nitrogen and oxygen atoms in total. The lowest BCUT2D eigenvalue weighted by Crippen LogP contribution is -2.45. The Morgan fingerprint density at radius 3 is 2.00 bits per heavy atom. The predicted octanol–water partition coefficient (Wildman–Crippen LogP) is 2.71. The maximum atomic E-state index is 12.7. The number of thiocarbonyl (C=S) groups is 1. The van der Waals surface area contributed by atoms with Crippen LogP contribution in [0.5, 0.6) is 0 Å². The van der Waals surface area contributed by atoms with Crippen LogP contribution in [0.2, 0.25) is 0 Å². The van der Waals surface area contributed by atoms with Gasteiger partial charge in [-0.25, -0.2) is 8.42 Å². The lowest BCUT2D eigenvalue weighted by molar-refractivity contribution is 0.281. The summed E-state index contributed by atoms with van der Waals surface area (Å²) in [5, 5.41) is 3.97. The monoisotopic (exact) mass is 456 g/mol. The Labute approximate surface area is 189 Å². The number of sulfone groups is 1. The van der Waals surface area contributed by atoms with Gasteiger partial charge in [0.05, 0.1) is 10.6 Å². The van der Waals surface area contributed by atoms with E-state index in [2.05, 4.69) is 42.8 Å². The van der Waals surface area contributed by atoms with E-state index in [0.29, 0.717) is 16.6 Å². The van der Waals surface area contributed by atoms with E-state index in [0.717, 1.165) is 58.8 Å². The Morgan fingerprint density at radius 1 is 0.867 bits per heavy atom. The highest BCUT2D eigenvalue weighted by Gasteiger charge is 2.18. The van der Waals surface area contributed by atoms with Gasteiger partial charge < -0.3 is 20.0 Å². The van der Waals surface area contributed by atoms with Crippen LogP contribution in [0.25, 0.3) is 0 Å². The van der Waals surface area contributed by atoms with Gasteiger partial charge in [-0.2, -0.15) is 0 Å². The molecule has 0 unspecified atom stereocenters. The zero-order chi connectivity index (χ0) is 22.4. The molecule has 8 heteroatoms. The molecule has 172 valence electrons. The lowest BCUT2D eigenvalue weighted by Gasteiger charge is -2.28. The molecule has 0 fully saturated rings. The van der Waals surface area contributed by atoms with Crippen LogP contribution in [0.3, 0.4) is 0 Å². The van der Waals surface area contributed by atoms with Crippen LogP contribution in [0.4, 0.5) is 0 Å². The average Bonchev–Trinajstić information content (AvgIpc) is 2.76. The molecule has 1 rings (SSSR count). The second-order valence-corrected chi connectivity index (χ2v) is 9.75. The summed E-state index contributed by atoms with van der Waals surface area (Å²) in [6, 6.07) is 8.65. The summed E-state index contributed by atoms with van der Waals surface area (Å²) in [6.07, 6.45) is 0.949. The Balaban J connectivity index is 2.70. The average molecular weight is 457 g/mol.